The van der Waals surface area contributed by atoms with E-state index in [1.807, 2.05) is 19.2 Å². The highest BCUT2D eigenvalue weighted by Crippen LogP contribution is 2.19. The smallest absolute Gasteiger partial charge is 0.191 e. The van der Waals surface area contributed by atoms with Crippen molar-refractivity contribution in [1.82, 2.24) is 10.6 Å². The van der Waals surface area contributed by atoms with E-state index >= 15 is 0 Å². The molecule has 6 nitrogen and oxygen atoms in total. The molecule has 2 aromatic rings. The fraction of sp³-hybridized carbons (Fsp3) is 0.409. The molecule has 1 unspecified atom stereocenters. The van der Waals surface area contributed by atoms with E-state index in [0.717, 1.165) is 31.2 Å². The van der Waals surface area contributed by atoms with Gasteiger partial charge in [-0.1, -0.05) is 30.3 Å². The van der Waals surface area contributed by atoms with Crippen molar-refractivity contribution in [2.24, 2.45) is 4.99 Å². The van der Waals surface area contributed by atoms with Gasteiger partial charge in [0.25, 0.3) is 0 Å². The maximum atomic E-state index is 5.60. The van der Waals surface area contributed by atoms with Crippen LogP contribution in [0.25, 0.3) is 0 Å². The van der Waals surface area contributed by atoms with Gasteiger partial charge in [-0.3, -0.25) is 4.99 Å². The van der Waals surface area contributed by atoms with Gasteiger partial charge < -0.3 is 25.0 Å². The molecule has 1 aliphatic heterocycles. The average molecular weight is 383 g/mol. The predicted molar refractivity (Wildman–Crippen MR) is 114 cm³/mol. The number of anilines is 1. The van der Waals surface area contributed by atoms with Crippen molar-refractivity contribution in [1.29, 1.82) is 0 Å². The zero-order chi connectivity index (χ0) is 19.6. The third kappa shape index (κ3) is 5.89. The van der Waals surface area contributed by atoms with Crippen LogP contribution in [0.4, 0.5) is 5.69 Å². The summed E-state index contributed by atoms with van der Waals surface area (Å²) in [5, 5.41) is 6.94. The van der Waals surface area contributed by atoms with Crippen LogP contribution in [0.5, 0.6) is 5.75 Å². The Morgan fingerprint density at radius 1 is 1.11 bits per heavy atom. The Bertz CT molecular complexity index is 734. The van der Waals surface area contributed by atoms with Gasteiger partial charge >= 0.3 is 0 Å². The van der Waals surface area contributed by atoms with E-state index in [0.29, 0.717) is 25.8 Å². The molecule has 1 saturated heterocycles. The first kappa shape index (κ1) is 20.0. The maximum absolute atomic E-state index is 5.60. The standard InChI is InChI=1S/C22H30N4O2/c1-23-22(24-16-18-8-10-21(11-9-18)28-15-14-27-2)25-19-12-13-26(17-19)20-6-4-3-5-7-20/h3-11,19H,12-17H2,1-2H3,(H2,23,24,25). The summed E-state index contributed by atoms with van der Waals surface area (Å²) in [6.45, 7) is 3.91. The van der Waals surface area contributed by atoms with Gasteiger partial charge in [-0.2, -0.15) is 0 Å². The van der Waals surface area contributed by atoms with Crippen molar-refractivity contribution < 1.29 is 9.47 Å². The number of aliphatic imine (C=N–C) groups is 1. The Hall–Kier alpha value is -2.73. The number of rotatable bonds is 8. The Morgan fingerprint density at radius 3 is 2.61 bits per heavy atom. The molecule has 6 heteroatoms. The molecule has 1 aliphatic rings. The molecule has 0 saturated carbocycles. The predicted octanol–water partition coefficient (Wildman–Crippen LogP) is 2.66. The quantitative estimate of drug-likeness (QED) is 0.418. The molecule has 0 radical (unpaired) electrons. The Balaban J connectivity index is 1.44. The lowest BCUT2D eigenvalue weighted by molar-refractivity contribution is 0.146. The minimum absolute atomic E-state index is 0.392. The van der Waals surface area contributed by atoms with E-state index in [1.54, 1.807) is 7.11 Å². The fourth-order valence-electron chi connectivity index (χ4n) is 3.27. The first-order valence-corrected chi connectivity index (χ1v) is 9.76. The minimum Gasteiger partial charge on any atom is -0.491 e. The summed E-state index contributed by atoms with van der Waals surface area (Å²) in [7, 11) is 3.48. The molecule has 1 heterocycles. The van der Waals surface area contributed by atoms with Crippen molar-refractivity contribution in [3.63, 3.8) is 0 Å². The molecular weight excluding hydrogens is 352 g/mol. The zero-order valence-electron chi connectivity index (χ0n) is 16.7. The molecule has 0 aliphatic carbocycles. The molecule has 1 fully saturated rings. The van der Waals surface area contributed by atoms with Crippen LogP contribution < -0.4 is 20.3 Å². The average Bonchev–Trinajstić information content (AvgIpc) is 3.21. The molecule has 3 rings (SSSR count). The summed E-state index contributed by atoms with van der Waals surface area (Å²) in [5.41, 5.74) is 2.46. The summed E-state index contributed by atoms with van der Waals surface area (Å²) in [5.74, 6) is 1.69. The number of para-hydroxylation sites is 1. The van der Waals surface area contributed by atoms with Gasteiger partial charge in [0.05, 0.1) is 6.61 Å². The van der Waals surface area contributed by atoms with E-state index in [2.05, 4.69) is 63.0 Å². The number of hydrogen-bond acceptors (Lipinski definition) is 4. The van der Waals surface area contributed by atoms with Crippen molar-refractivity contribution in [3.8, 4) is 5.75 Å². The highest BCUT2D eigenvalue weighted by atomic mass is 16.5. The van der Waals surface area contributed by atoms with Crippen LogP contribution in [-0.4, -0.2) is 52.5 Å². The molecule has 0 aromatic heterocycles. The molecule has 0 spiro atoms. The monoisotopic (exact) mass is 382 g/mol. The lowest BCUT2D eigenvalue weighted by atomic mass is 10.2. The second-order valence-electron chi connectivity index (χ2n) is 6.82. The first-order chi connectivity index (χ1) is 13.8. The summed E-state index contributed by atoms with van der Waals surface area (Å²) in [4.78, 5) is 6.78. The van der Waals surface area contributed by atoms with Crippen LogP contribution >= 0.6 is 0 Å². The van der Waals surface area contributed by atoms with Gasteiger partial charge in [0, 0.05) is 45.5 Å². The molecule has 0 amide bonds. The number of nitrogens with one attached hydrogen (secondary N) is 2. The van der Waals surface area contributed by atoms with Crippen molar-refractivity contribution in [3.05, 3.63) is 60.2 Å². The summed E-state index contributed by atoms with van der Waals surface area (Å²) < 4.78 is 10.6. The summed E-state index contributed by atoms with van der Waals surface area (Å²) in [6, 6.07) is 19.0. The van der Waals surface area contributed by atoms with E-state index in [-0.39, 0.29) is 0 Å². The largest absolute Gasteiger partial charge is 0.491 e. The minimum atomic E-state index is 0.392. The molecule has 2 N–H and O–H groups in total. The number of methoxy groups -OCH3 is 1. The van der Waals surface area contributed by atoms with Gasteiger partial charge in [0.15, 0.2) is 5.96 Å². The van der Waals surface area contributed by atoms with Crippen LogP contribution in [0.15, 0.2) is 59.6 Å². The zero-order valence-corrected chi connectivity index (χ0v) is 16.7. The van der Waals surface area contributed by atoms with E-state index in [9.17, 15) is 0 Å². The lowest BCUT2D eigenvalue weighted by Gasteiger charge is -2.20. The molecule has 28 heavy (non-hydrogen) atoms. The molecule has 1 atom stereocenters. The van der Waals surface area contributed by atoms with Crippen molar-refractivity contribution in [2.45, 2.75) is 19.0 Å². The molecule has 150 valence electrons. The van der Waals surface area contributed by atoms with E-state index in [1.165, 1.54) is 11.3 Å². The van der Waals surface area contributed by atoms with Crippen LogP contribution in [-0.2, 0) is 11.3 Å². The molecule has 2 aromatic carbocycles. The lowest BCUT2D eigenvalue weighted by Crippen LogP contribution is -2.44. The summed E-state index contributed by atoms with van der Waals surface area (Å²) in [6.07, 6.45) is 1.10. The Labute approximate surface area is 167 Å². The van der Waals surface area contributed by atoms with E-state index in [4.69, 9.17) is 9.47 Å². The van der Waals surface area contributed by atoms with Crippen LogP contribution in [0.2, 0.25) is 0 Å². The Morgan fingerprint density at radius 2 is 1.89 bits per heavy atom. The van der Waals surface area contributed by atoms with Gasteiger partial charge in [-0.15, -0.1) is 0 Å². The van der Waals surface area contributed by atoms with Crippen molar-refractivity contribution >= 4 is 11.6 Å². The third-order valence-electron chi connectivity index (χ3n) is 4.81. The second-order valence-corrected chi connectivity index (χ2v) is 6.82. The Kier molecular flexibility index (Phi) is 7.55. The van der Waals surface area contributed by atoms with Crippen molar-refractivity contribution in [2.75, 3.05) is 45.4 Å². The summed E-state index contributed by atoms with van der Waals surface area (Å²) >= 11 is 0. The molecular formula is C22H30N4O2. The highest BCUT2D eigenvalue weighted by Gasteiger charge is 2.23. The van der Waals surface area contributed by atoms with Crippen LogP contribution in [0.1, 0.15) is 12.0 Å². The number of ether oxygens (including phenoxy) is 2. The number of guanidine groups is 1. The highest BCUT2D eigenvalue weighted by molar-refractivity contribution is 5.80. The van der Waals surface area contributed by atoms with Gasteiger partial charge in [0.1, 0.15) is 12.4 Å². The van der Waals surface area contributed by atoms with Crippen LogP contribution in [0.3, 0.4) is 0 Å². The maximum Gasteiger partial charge on any atom is 0.191 e. The van der Waals surface area contributed by atoms with E-state index < -0.39 is 0 Å². The number of benzene rings is 2. The first-order valence-electron chi connectivity index (χ1n) is 9.76. The molecule has 0 bridgehead atoms. The fourth-order valence-corrected chi connectivity index (χ4v) is 3.27. The normalized spacial score (nSPS) is 16.9. The SMILES string of the molecule is CN=C(NCc1ccc(OCCOC)cc1)NC1CCN(c2ccccc2)C1. The van der Waals surface area contributed by atoms with Crippen LogP contribution in [0, 0.1) is 0 Å². The topological polar surface area (TPSA) is 58.1 Å². The van der Waals surface area contributed by atoms with Gasteiger partial charge in [-0.05, 0) is 36.2 Å². The number of hydrogen-bond donors (Lipinski definition) is 2. The third-order valence-corrected chi connectivity index (χ3v) is 4.81. The van der Waals surface area contributed by atoms with Gasteiger partial charge in [-0.25, -0.2) is 0 Å². The second kappa shape index (κ2) is 10.6. The van der Waals surface area contributed by atoms with Gasteiger partial charge in [0.2, 0.25) is 0 Å². The number of nitrogens with zero attached hydrogens (tertiary/aromatic N) is 2.